The Morgan fingerprint density at radius 3 is 2.57 bits per heavy atom. The Labute approximate surface area is 201 Å². The van der Waals surface area contributed by atoms with E-state index in [1.54, 1.807) is 54.6 Å². The van der Waals surface area contributed by atoms with Gasteiger partial charge in [0.25, 0.3) is 11.7 Å². The van der Waals surface area contributed by atoms with Crippen molar-refractivity contribution in [2.75, 3.05) is 30.0 Å². The average Bonchev–Trinajstić information content (AvgIpc) is 3.14. The average molecular weight is 467 g/mol. The maximum atomic E-state index is 13.3. The molecule has 2 aliphatic rings. The van der Waals surface area contributed by atoms with Crippen LogP contribution in [0.25, 0.3) is 5.76 Å². The number of carbonyl (C=O) groups is 2. The van der Waals surface area contributed by atoms with Gasteiger partial charge in [-0.1, -0.05) is 12.1 Å². The molecule has 8 heteroatoms. The topological polar surface area (TPSA) is 114 Å². The van der Waals surface area contributed by atoms with Crippen LogP contribution < -0.4 is 14.5 Å². The zero-order valence-corrected chi connectivity index (χ0v) is 18.8. The zero-order valence-electron chi connectivity index (χ0n) is 18.8. The van der Waals surface area contributed by atoms with Gasteiger partial charge >= 0.3 is 0 Å². The fourth-order valence-electron chi connectivity index (χ4n) is 4.46. The van der Waals surface area contributed by atoms with Crippen molar-refractivity contribution in [2.24, 2.45) is 0 Å². The standard InChI is InChI=1S/C27H21N3O5/c1-29-11-12-35-22-10-7-18(14-21(22)29)25(32)23-24(17-3-2-4-20(31)13-17)30(27(34)26(23)33)19-8-5-16(15-28)6-9-19/h2-10,13-14,24,31-32H,11-12H2,1H3/b25-23-. The lowest BCUT2D eigenvalue weighted by Gasteiger charge is -2.28. The number of hydrogen-bond acceptors (Lipinski definition) is 7. The number of amides is 1. The van der Waals surface area contributed by atoms with E-state index in [2.05, 4.69) is 0 Å². The Bertz CT molecular complexity index is 1420. The molecule has 3 aromatic carbocycles. The minimum absolute atomic E-state index is 0.0412. The first kappa shape index (κ1) is 22.0. The number of anilines is 2. The second kappa shape index (κ2) is 8.54. The molecule has 1 atom stereocenters. The van der Waals surface area contributed by atoms with Crippen molar-refractivity contribution in [3.8, 4) is 17.6 Å². The van der Waals surface area contributed by atoms with Gasteiger partial charge in [0.2, 0.25) is 0 Å². The van der Waals surface area contributed by atoms with E-state index in [1.807, 2.05) is 18.0 Å². The number of ether oxygens (including phenoxy) is 1. The van der Waals surface area contributed by atoms with Crippen molar-refractivity contribution >= 4 is 28.8 Å². The molecule has 1 saturated heterocycles. The minimum atomic E-state index is -0.986. The molecule has 0 bridgehead atoms. The van der Waals surface area contributed by atoms with Gasteiger partial charge in [0.1, 0.15) is 23.9 Å². The van der Waals surface area contributed by atoms with Crippen LogP contribution in [0.15, 0.2) is 72.3 Å². The van der Waals surface area contributed by atoms with Crippen LogP contribution in [0.2, 0.25) is 0 Å². The van der Waals surface area contributed by atoms with E-state index in [4.69, 9.17) is 10.00 Å². The fraction of sp³-hybridized carbons (Fsp3) is 0.148. The van der Waals surface area contributed by atoms with Gasteiger partial charge in [0.15, 0.2) is 0 Å². The summed E-state index contributed by atoms with van der Waals surface area (Å²) >= 11 is 0. The van der Waals surface area contributed by atoms with Gasteiger partial charge in [0, 0.05) is 18.3 Å². The number of Topliss-reactive ketones (excluding diaryl/α,β-unsaturated/α-hetero) is 1. The van der Waals surface area contributed by atoms with Gasteiger partial charge in [-0.15, -0.1) is 0 Å². The third-order valence-electron chi connectivity index (χ3n) is 6.23. The maximum Gasteiger partial charge on any atom is 0.300 e. The van der Waals surface area contributed by atoms with E-state index in [0.717, 1.165) is 5.69 Å². The molecule has 3 aromatic rings. The first-order chi connectivity index (χ1) is 16.9. The van der Waals surface area contributed by atoms with Crippen LogP contribution >= 0.6 is 0 Å². The number of ketones is 1. The van der Waals surface area contributed by atoms with Gasteiger partial charge < -0.3 is 19.8 Å². The third kappa shape index (κ3) is 3.73. The number of nitriles is 1. The lowest BCUT2D eigenvalue weighted by Crippen LogP contribution is -2.29. The zero-order chi connectivity index (χ0) is 24.7. The summed E-state index contributed by atoms with van der Waals surface area (Å²) in [5, 5.41) is 30.6. The Morgan fingerprint density at radius 2 is 1.86 bits per heavy atom. The molecular weight excluding hydrogens is 446 g/mol. The molecular formula is C27H21N3O5. The molecule has 0 aliphatic carbocycles. The highest BCUT2D eigenvalue weighted by molar-refractivity contribution is 6.51. The Morgan fingerprint density at radius 1 is 1.09 bits per heavy atom. The number of nitrogens with zero attached hydrogens (tertiary/aromatic N) is 3. The molecule has 0 aromatic heterocycles. The number of hydrogen-bond donors (Lipinski definition) is 2. The van der Waals surface area contributed by atoms with E-state index in [1.165, 1.54) is 17.0 Å². The van der Waals surface area contributed by atoms with Crippen LogP contribution in [-0.4, -0.2) is 42.1 Å². The Balaban J connectivity index is 1.69. The third-order valence-corrected chi connectivity index (χ3v) is 6.23. The predicted molar refractivity (Wildman–Crippen MR) is 129 cm³/mol. The van der Waals surface area contributed by atoms with E-state index in [9.17, 15) is 19.8 Å². The first-order valence-corrected chi connectivity index (χ1v) is 11.0. The summed E-state index contributed by atoms with van der Waals surface area (Å²) in [5.74, 6) is -1.36. The van der Waals surface area contributed by atoms with Crippen LogP contribution in [0.1, 0.15) is 22.7 Å². The lowest BCUT2D eigenvalue weighted by molar-refractivity contribution is -0.132. The SMILES string of the molecule is CN1CCOc2ccc(/C(O)=C3/C(=O)C(=O)N(c4ccc(C#N)cc4)C3c3cccc(O)c3)cc21. The molecule has 1 fully saturated rings. The Hall–Kier alpha value is -4.77. The molecule has 35 heavy (non-hydrogen) atoms. The summed E-state index contributed by atoms with van der Waals surface area (Å²) in [5.41, 5.74) is 2.27. The Kier molecular flexibility index (Phi) is 5.38. The van der Waals surface area contributed by atoms with Crippen LogP contribution in [0.3, 0.4) is 0 Å². The summed E-state index contributed by atoms with van der Waals surface area (Å²) < 4.78 is 5.67. The molecule has 5 rings (SSSR count). The number of rotatable bonds is 3. The fourth-order valence-corrected chi connectivity index (χ4v) is 4.46. The number of phenolic OH excluding ortho intramolecular Hbond substituents is 1. The minimum Gasteiger partial charge on any atom is -0.508 e. The number of aromatic hydroxyl groups is 1. The molecule has 2 heterocycles. The van der Waals surface area contributed by atoms with Crippen LogP contribution in [0, 0.1) is 11.3 Å². The van der Waals surface area contributed by atoms with Crippen molar-refractivity contribution in [2.45, 2.75) is 6.04 Å². The number of benzene rings is 3. The molecule has 2 N–H and O–H groups in total. The number of aliphatic hydroxyl groups is 1. The van der Waals surface area contributed by atoms with Crippen molar-refractivity contribution in [1.82, 2.24) is 0 Å². The van der Waals surface area contributed by atoms with Gasteiger partial charge in [-0.05, 0) is 60.2 Å². The van der Waals surface area contributed by atoms with Crippen molar-refractivity contribution in [3.05, 3.63) is 89.0 Å². The molecule has 0 saturated carbocycles. The smallest absolute Gasteiger partial charge is 0.300 e. The summed E-state index contributed by atoms with van der Waals surface area (Å²) in [6.45, 7) is 1.21. The number of likely N-dealkylation sites (N-methyl/N-ethyl adjacent to an activating group) is 1. The molecule has 0 spiro atoms. The maximum absolute atomic E-state index is 13.3. The number of phenols is 1. The van der Waals surface area contributed by atoms with Gasteiger partial charge in [-0.25, -0.2) is 0 Å². The number of fused-ring (bicyclic) bond motifs is 1. The van der Waals surface area contributed by atoms with E-state index < -0.39 is 17.7 Å². The highest BCUT2D eigenvalue weighted by atomic mass is 16.5. The number of carbonyl (C=O) groups excluding carboxylic acids is 2. The molecule has 8 nitrogen and oxygen atoms in total. The van der Waals surface area contributed by atoms with Crippen LogP contribution in [0.4, 0.5) is 11.4 Å². The normalized spacial score (nSPS) is 18.7. The predicted octanol–water partition coefficient (Wildman–Crippen LogP) is 3.72. The first-order valence-electron chi connectivity index (χ1n) is 11.0. The largest absolute Gasteiger partial charge is 0.508 e. The summed E-state index contributed by atoms with van der Waals surface area (Å²) in [7, 11) is 1.90. The van der Waals surface area contributed by atoms with E-state index >= 15 is 0 Å². The van der Waals surface area contributed by atoms with E-state index in [-0.39, 0.29) is 17.1 Å². The van der Waals surface area contributed by atoms with Crippen molar-refractivity contribution in [3.63, 3.8) is 0 Å². The van der Waals surface area contributed by atoms with Gasteiger partial charge in [-0.3, -0.25) is 14.5 Å². The molecule has 174 valence electrons. The van der Waals surface area contributed by atoms with Crippen molar-refractivity contribution < 1.29 is 24.5 Å². The summed E-state index contributed by atoms with van der Waals surface area (Å²) in [6, 6.07) is 18.6. The highest BCUT2D eigenvalue weighted by Gasteiger charge is 2.47. The molecule has 0 radical (unpaired) electrons. The lowest BCUT2D eigenvalue weighted by atomic mass is 9.94. The highest BCUT2D eigenvalue weighted by Crippen LogP contribution is 2.43. The van der Waals surface area contributed by atoms with E-state index in [0.29, 0.717) is 41.3 Å². The van der Waals surface area contributed by atoms with Gasteiger partial charge in [-0.2, -0.15) is 5.26 Å². The number of aliphatic hydroxyl groups excluding tert-OH is 1. The second-order valence-electron chi connectivity index (χ2n) is 8.38. The summed E-state index contributed by atoms with van der Waals surface area (Å²) in [6.07, 6.45) is 0. The molecule has 1 unspecified atom stereocenters. The van der Waals surface area contributed by atoms with Crippen molar-refractivity contribution in [1.29, 1.82) is 5.26 Å². The van der Waals surface area contributed by atoms with Crippen LogP contribution in [-0.2, 0) is 9.59 Å². The van der Waals surface area contributed by atoms with Crippen LogP contribution in [0.5, 0.6) is 11.5 Å². The summed E-state index contributed by atoms with van der Waals surface area (Å²) in [4.78, 5) is 29.8. The monoisotopic (exact) mass is 467 g/mol. The quantitative estimate of drug-likeness (QED) is 0.343. The second-order valence-corrected chi connectivity index (χ2v) is 8.38. The van der Waals surface area contributed by atoms with Gasteiger partial charge in [0.05, 0.1) is 35.5 Å². The molecule has 2 aliphatic heterocycles. The molecule has 1 amide bonds.